The third-order valence-corrected chi connectivity index (χ3v) is 2.38. The van der Waals surface area contributed by atoms with E-state index in [4.69, 9.17) is 16.3 Å². The van der Waals surface area contributed by atoms with Gasteiger partial charge in [-0.2, -0.15) is 15.0 Å². The van der Waals surface area contributed by atoms with E-state index in [-0.39, 0.29) is 11.3 Å². The Balaban J connectivity index is 2.30. The second-order valence-electron chi connectivity index (χ2n) is 3.89. The van der Waals surface area contributed by atoms with Crippen molar-refractivity contribution < 1.29 is 4.74 Å². The number of hydrogen-bond donors (Lipinski definition) is 1. The molecule has 2 rings (SSSR count). The summed E-state index contributed by atoms with van der Waals surface area (Å²) in [6.07, 6.45) is 0. The van der Waals surface area contributed by atoms with E-state index in [1.165, 1.54) is 0 Å². The fourth-order valence-corrected chi connectivity index (χ4v) is 1.74. The standard InChI is InChI=1S/C12H13ClN4O/c1-7-4-8(2)6-9(5-7)18-12-16-10(13)15-11(14-3)17-12/h4-6H,1-3H3,(H,14,15,16,17). The summed E-state index contributed by atoms with van der Waals surface area (Å²) in [6.45, 7) is 4.00. The summed E-state index contributed by atoms with van der Waals surface area (Å²) >= 11 is 5.78. The number of anilines is 1. The summed E-state index contributed by atoms with van der Waals surface area (Å²) in [6, 6.07) is 6.05. The van der Waals surface area contributed by atoms with Crippen LogP contribution >= 0.6 is 11.6 Å². The van der Waals surface area contributed by atoms with Crippen LogP contribution in [0.3, 0.4) is 0 Å². The van der Waals surface area contributed by atoms with Gasteiger partial charge in [-0.3, -0.25) is 0 Å². The Morgan fingerprint density at radius 2 is 1.72 bits per heavy atom. The molecule has 0 aliphatic carbocycles. The maximum absolute atomic E-state index is 5.78. The fraction of sp³-hybridized carbons (Fsp3) is 0.250. The zero-order valence-electron chi connectivity index (χ0n) is 10.4. The van der Waals surface area contributed by atoms with E-state index in [1.54, 1.807) is 7.05 Å². The van der Waals surface area contributed by atoms with Gasteiger partial charge in [0.2, 0.25) is 11.2 Å². The van der Waals surface area contributed by atoms with Crippen molar-refractivity contribution in [3.05, 3.63) is 34.6 Å². The van der Waals surface area contributed by atoms with Crippen LogP contribution < -0.4 is 10.1 Å². The van der Waals surface area contributed by atoms with Gasteiger partial charge in [0.15, 0.2) is 0 Å². The second-order valence-corrected chi connectivity index (χ2v) is 4.22. The molecule has 0 bridgehead atoms. The number of nitrogens with one attached hydrogen (secondary N) is 1. The molecule has 0 aliphatic heterocycles. The first kappa shape index (κ1) is 12.6. The number of rotatable bonds is 3. The molecular formula is C12H13ClN4O. The maximum Gasteiger partial charge on any atom is 0.328 e. The average Bonchev–Trinajstić information content (AvgIpc) is 2.26. The zero-order chi connectivity index (χ0) is 13.1. The summed E-state index contributed by atoms with van der Waals surface area (Å²) < 4.78 is 5.58. The van der Waals surface area contributed by atoms with E-state index < -0.39 is 0 Å². The molecule has 0 saturated heterocycles. The first-order valence-corrected chi connectivity index (χ1v) is 5.80. The molecule has 0 fully saturated rings. The molecule has 94 valence electrons. The average molecular weight is 265 g/mol. The Bertz CT molecular complexity index is 554. The minimum Gasteiger partial charge on any atom is -0.424 e. The van der Waals surface area contributed by atoms with Crippen LogP contribution in [0.25, 0.3) is 0 Å². The van der Waals surface area contributed by atoms with E-state index in [0.29, 0.717) is 11.7 Å². The molecule has 18 heavy (non-hydrogen) atoms. The van der Waals surface area contributed by atoms with Crippen LogP contribution in [0.15, 0.2) is 18.2 Å². The van der Waals surface area contributed by atoms with Gasteiger partial charge in [0.1, 0.15) is 5.75 Å². The van der Waals surface area contributed by atoms with Crippen molar-refractivity contribution in [2.75, 3.05) is 12.4 Å². The van der Waals surface area contributed by atoms with Gasteiger partial charge in [-0.25, -0.2) is 0 Å². The third-order valence-electron chi connectivity index (χ3n) is 2.22. The van der Waals surface area contributed by atoms with Crippen LogP contribution in [0.4, 0.5) is 5.95 Å². The van der Waals surface area contributed by atoms with Gasteiger partial charge in [-0.15, -0.1) is 0 Å². The lowest BCUT2D eigenvalue weighted by Crippen LogP contribution is -2.01. The summed E-state index contributed by atoms with van der Waals surface area (Å²) in [5.74, 6) is 1.05. The molecular weight excluding hydrogens is 252 g/mol. The fourth-order valence-electron chi connectivity index (χ4n) is 1.59. The minimum atomic E-state index is 0.0914. The van der Waals surface area contributed by atoms with E-state index in [0.717, 1.165) is 11.1 Å². The van der Waals surface area contributed by atoms with Gasteiger partial charge < -0.3 is 10.1 Å². The molecule has 0 unspecified atom stereocenters. The molecule has 0 amide bonds. The Kier molecular flexibility index (Phi) is 3.62. The van der Waals surface area contributed by atoms with Crippen molar-refractivity contribution in [3.63, 3.8) is 0 Å². The van der Waals surface area contributed by atoms with Crippen LogP contribution in [0.1, 0.15) is 11.1 Å². The van der Waals surface area contributed by atoms with Crippen molar-refractivity contribution in [1.82, 2.24) is 15.0 Å². The minimum absolute atomic E-state index is 0.0914. The van der Waals surface area contributed by atoms with Gasteiger partial charge in [0.05, 0.1) is 0 Å². The number of halogens is 1. The van der Waals surface area contributed by atoms with Gasteiger partial charge in [0, 0.05) is 7.05 Å². The molecule has 0 aliphatic rings. The van der Waals surface area contributed by atoms with Gasteiger partial charge >= 0.3 is 6.01 Å². The highest BCUT2D eigenvalue weighted by molar-refractivity contribution is 6.28. The number of hydrogen-bond acceptors (Lipinski definition) is 5. The summed E-state index contributed by atoms with van der Waals surface area (Å²) in [4.78, 5) is 11.9. The van der Waals surface area contributed by atoms with E-state index in [9.17, 15) is 0 Å². The Hall–Kier alpha value is -1.88. The maximum atomic E-state index is 5.78. The second kappa shape index (κ2) is 5.18. The third kappa shape index (κ3) is 3.07. The quantitative estimate of drug-likeness (QED) is 0.923. The van der Waals surface area contributed by atoms with Gasteiger partial charge in [-0.1, -0.05) is 6.07 Å². The first-order chi connectivity index (χ1) is 8.56. The molecule has 0 radical (unpaired) electrons. The van der Waals surface area contributed by atoms with Crippen molar-refractivity contribution >= 4 is 17.5 Å². The molecule has 1 heterocycles. The molecule has 2 aromatic rings. The van der Waals surface area contributed by atoms with Crippen LogP contribution in [0.5, 0.6) is 11.8 Å². The van der Waals surface area contributed by atoms with Crippen LogP contribution in [-0.4, -0.2) is 22.0 Å². The molecule has 0 atom stereocenters. The van der Waals surface area contributed by atoms with E-state index in [2.05, 4.69) is 26.3 Å². The predicted molar refractivity (Wildman–Crippen MR) is 70.4 cm³/mol. The van der Waals surface area contributed by atoms with E-state index in [1.807, 2.05) is 26.0 Å². The van der Waals surface area contributed by atoms with Crippen molar-refractivity contribution in [3.8, 4) is 11.8 Å². The van der Waals surface area contributed by atoms with Gasteiger partial charge in [0.25, 0.3) is 0 Å². The Morgan fingerprint density at radius 1 is 1.06 bits per heavy atom. The molecule has 0 saturated carbocycles. The first-order valence-electron chi connectivity index (χ1n) is 5.42. The lowest BCUT2D eigenvalue weighted by molar-refractivity contribution is 0.440. The molecule has 0 spiro atoms. The smallest absolute Gasteiger partial charge is 0.328 e. The van der Waals surface area contributed by atoms with Crippen LogP contribution in [0, 0.1) is 13.8 Å². The number of benzene rings is 1. The lowest BCUT2D eigenvalue weighted by atomic mass is 10.1. The largest absolute Gasteiger partial charge is 0.424 e. The molecule has 6 heteroatoms. The molecule has 5 nitrogen and oxygen atoms in total. The van der Waals surface area contributed by atoms with Crippen LogP contribution in [0.2, 0.25) is 5.28 Å². The topological polar surface area (TPSA) is 59.9 Å². The summed E-state index contributed by atoms with van der Waals surface area (Å²) in [5.41, 5.74) is 2.22. The number of aromatic nitrogens is 3. The Labute approximate surface area is 110 Å². The highest BCUT2D eigenvalue weighted by Gasteiger charge is 2.06. The SMILES string of the molecule is CNc1nc(Cl)nc(Oc2cc(C)cc(C)c2)n1. The van der Waals surface area contributed by atoms with E-state index >= 15 is 0 Å². The highest BCUT2D eigenvalue weighted by Crippen LogP contribution is 2.22. The number of ether oxygens (including phenoxy) is 1. The van der Waals surface area contributed by atoms with Crippen molar-refractivity contribution in [2.24, 2.45) is 0 Å². The lowest BCUT2D eigenvalue weighted by Gasteiger charge is -2.07. The monoisotopic (exact) mass is 264 g/mol. The number of aryl methyl sites for hydroxylation is 2. The summed E-state index contributed by atoms with van der Waals surface area (Å²) in [5, 5.41) is 2.88. The van der Waals surface area contributed by atoms with Crippen molar-refractivity contribution in [2.45, 2.75) is 13.8 Å². The normalized spacial score (nSPS) is 10.2. The summed E-state index contributed by atoms with van der Waals surface area (Å²) in [7, 11) is 1.70. The Morgan fingerprint density at radius 3 is 2.33 bits per heavy atom. The highest BCUT2D eigenvalue weighted by atomic mass is 35.5. The van der Waals surface area contributed by atoms with Crippen LogP contribution in [-0.2, 0) is 0 Å². The predicted octanol–water partition coefficient (Wildman–Crippen LogP) is 2.98. The zero-order valence-corrected chi connectivity index (χ0v) is 11.1. The van der Waals surface area contributed by atoms with Gasteiger partial charge in [-0.05, 0) is 48.7 Å². The molecule has 1 aromatic carbocycles. The number of nitrogens with zero attached hydrogens (tertiary/aromatic N) is 3. The molecule has 1 N–H and O–H groups in total. The molecule has 1 aromatic heterocycles. The van der Waals surface area contributed by atoms with Crippen molar-refractivity contribution in [1.29, 1.82) is 0 Å².